The second-order valence-electron chi connectivity index (χ2n) is 6.54. The van der Waals surface area contributed by atoms with Crippen molar-refractivity contribution in [2.24, 2.45) is 0 Å². The van der Waals surface area contributed by atoms with Gasteiger partial charge in [-0.05, 0) is 44.0 Å². The van der Waals surface area contributed by atoms with Gasteiger partial charge in [-0.2, -0.15) is 0 Å². The van der Waals surface area contributed by atoms with Crippen LogP contribution in [-0.4, -0.2) is 42.2 Å². The number of rotatable bonds is 5. The number of piperidine rings is 1. The Bertz CT molecular complexity index is 788. The highest BCUT2D eigenvalue weighted by Crippen LogP contribution is 2.30. The average Bonchev–Trinajstić information content (AvgIpc) is 2.61. The third kappa shape index (κ3) is 4.20. The van der Waals surface area contributed by atoms with Crippen molar-refractivity contribution in [1.29, 1.82) is 0 Å². The number of aromatic amines is 1. The molecule has 0 aliphatic carbocycles. The SMILES string of the molecule is COc1ccc(CN2CCCC(c3nc(C)cc(=O)[nH]3)C2)cc1OC. The number of hydrogen-bond acceptors (Lipinski definition) is 5. The first kappa shape index (κ1) is 17.5. The van der Waals surface area contributed by atoms with E-state index in [1.165, 1.54) is 11.6 Å². The summed E-state index contributed by atoms with van der Waals surface area (Å²) in [4.78, 5) is 21.6. The quantitative estimate of drug-likeness (QED) is 0.903. The smallest absolute Gasteiger partial charge is 0.251 e. The lowest BCUT2D eigenvalue weighted by Gasteiger charge is -2.32. The van der Waals surface area contributed by atoms with Crippen molar-refractivity contribution < 1.29 is 9.47 Å². The first-order valence-corrected chi connectivity index (χ1v) is 8.60. The average molecular weight is 343 g/mol. The molecule has 1 aliphatic rings. The second-order valence-corrected chi connectivity index (χ2v) is 6.54. The van der Waals surface area contributed by atoms with E-state index >= 15 is 0 Å². The largest absolute Gasteiger partial charge is 0.493 e. The molecule has 0 amide bonds. The number of methoxy groups -OCH3 is 2. The maximum atomic E-state index is 11.7. The molecular weight excluding hydrogens is 318 g/mol. The van der Waals surface area contributed by atoms with Crippen LogP contribution in [0, 0.1) is 6.92 Å². The summed E-state index contributed by atoms with van der Waals surface area (Å²) in [7, 11) is 3.29. The van der Waals surface area contributed by atoms with Gasteiger partial charge in [-0.25, -0.2) is 4.98 Å². The molecule has 1 N–H and O–H groups in total. The maximum absolute atomic E-state index is 11.7. The summed E-state index contributed by atoms with van der Waals surface area (Å²) < 4.78 is 10.7. The lowest BCUT2D eigenvalue weighted by molar-refractivity contribution is 0.196. The van der Waals surface area contributed by atoms with Crippen LogP contribution in [0.1, 0.15) is 35.8 Å². The Labute approximate surface area is 147 Å². The zero-order valence-electron chi connectivity index (χ0n) is 15.0. The van der Waals surface area contributed by atoms with Crippen LogP contribution in [0.4, 0.5) is 0 Å². The van der Waals surface area contributed by atoms with Gasteiger partial charge < -0.3 is 14.5 Å². The Hall–Kier alpha value is -2.34. The van der Waals surface area contributed by atoms with Gasteiger partial charge in [-0.1, -0.05) is 6.07 Å². The molecule has 134 valence electrons. The highest BCUT2D eigenvalue weighted by molar-refractivity contribution is 5.42. The van der Waals surface area contributed by atoms with Gasteiger partial charge in [0, 0.05) is 30.8 Å². The molecular formula is C19H25N3O3. The van der Waals surface area contributed by atoms with E-state index in [4.69, 9.17) is 9.47 Å². The third-order valence-electron chi connectivity index (χ3n) is 4.63. The van der Waals surface area contributed by atoms with Gasteiger partial charge in [-0.15, -0.1) is 0 Å². The number of aryl methyl sites for hydroxylation is 1. The Morgan fingerprint density at radius 3 is 2.76 bits per heavy atom. The molecule has 1 fully saturated rings. The molecule has 2 heterocycles. The Kier molecular flexibility index (Phi) is 5.38. The molecule has 6 heteroatoms. The van der Waals surface area contributed by atoms with Crippen LogP contribution in [0.5, 0.6) is 11.5 Å². The number of H-pyrrole nitrogens is 1. The first-order chi connectivity index (χ1) is 12.1. The van der Waals surface area contributed by atoms with Gasteiger partial charge in [0.2, 0.25) is 0 Å². The summed E-state index contributed by atoms with van der Waals surface area (Å²) in [6.45, 7) is 4.64. The van der Waals surface area contributed by atoms with Gasteiger partial charge in [0.1, 0.15) is 5.82 Å². The van der Waals surface area contributed by atoms with Gasteiger partial charge in [0.05, 0.1) is 14.2 Å². The van der Waals surface area contributed by atoms with Gasteiger partial charge in [0.25, 0.3) is 5.56 Å². The van der Waals surface area contributed by atoms with E-state index in [1.54, 1.807) is 14.2 Å². The van der Waals surface area contributed by atoms with E-state index in [9.17, 15) is 4.79 Å². The highest BCUT2D eigenvalue weighted by Gasteiger charge is 2.23. The van der Waals surface area contributed by atoms with Crippen molar-refractivity contribution >= 4 is 0 Å². The molecule has 0 saturated carbocycles. The second kappa shape index (κ2) is 7.70. The van der Waals surface area contributed by atoms with Crippen LogP contribution in [-0.2, 0) is 6.54 Å². The molecule has 1 aromatic heterocycles. The van der Waals surface area contributed by atoms with Crippen LogP contribution in [0.25, 0.3) is 0 Å². The fraction of sp³-hybridized carbons (Fsp3) is 0.474. The molecule has 1 unspecified atom stereocenters. The summed E-state index contributed by atoms with van der Waals surface area (Å²) in [5, 5.41) is 0. The summed E-state index contributed by atoms with van der Waals surface area (Å²) in [6, 6.07) is 7.57. The summed E-state index contributed by atoms with van der Waals surface area (Å²) >= 11 is 0. The molecule has 1 aromatic carbocycles. The van der Waals surface area contributed by atoms with E-state index in [2.05, 4.69) is 20.9 Å². The van der Waals surface area contributed by atoms with Crippen molar-refractivity contribution in [1.82, 2.24) is 14.9 Å². The summed E-state index contributed by atoms with van der Waals surface area (Å²) in [5.41, 5.74) is 1.89. The van der Waals surface area contributed by atoms with Crippen molar-refractivity contribution in [2.75, 3.05) is 27.3 Å². The van der Waals surface area contributed by atoms with Gasteiger partial charge in [-0.3, -0.25) is 9.69 Å². The summed E-state index contributed by atoms with van der Waals surface area (Å²) in [5.74, 6) is 2.56. The predicted octanol–water partition coefficient (Wildman–Crippen LogP) is 2.48. The molecule has 2 aromatic rings. The number of aromatic nitrogens is 2. The number of benzene rings is 1. The third-order valence-corrected chi connectivity index (χ3v) is 4.63. The van der Waals surface area contributed by atoms with Crippen LogP contribution in [0.2, 0.25) is 0 Å². The van der Waals surface area contributed by atoms with Crippen molar-refractivity contribution in [3.05, 3.63) is 51.7 Å². The minimum atomic E-state index is -0.0699. The van der Waals surface area contributed by atoms with Crippen LogP contribution in [0.3, 0.4) is 0 Å². The first-order valence-electron chi connectivity index (χ1n) is 8.60. The minimum Gasteiger partial charge on any atom is -0.493 e. The predicted molar refractivity (Wildman–Crippen MR) is 96.4 cm³/mol. The van der Waals surface area contributed by atoms with Crippen LogP contribution in [0.15, 0.2) is 29.1 Å². The highest BCUT2D eigenvalue weighted by atomic mass is 16.5. The van der Waals surface area contributed by atoms with Crippen LogP contribution < -0.4 is 15.0 Å². The van der Waals surface area contributed by atoms with E-state index in [0.29, 0.717) is 0 Å². The molecule has 0 spiro atoms. The zero-order chi connectivity index (χ0) is 17.8. The monoisotopic (exact) mass is 343 g/mol. The maximum Gasteiger partial charge on any atom is 0.251 e. The zero-order valence-corrected chi connectivity index (χ0v) is 15.0. The normalized spacial score (nSPS) is 18.1. The molecule has 6 nitrogen and oxygen atoms in total. The minimum absolute atomic E-state index is 0.0699. The Morgan fingerprint density at radius 1 is 1.24 bits per heavy atom. The number of likely N-dealkylation sites (tertiary alicyclic amines) is 1. The van der Waals surface area contributed by atoms with Crippen molar-refractivity contribution in [3.8, 4) is 11.5 Å². The van der Waals surface area contributed by atoms with E-state index in [0.717, 1.165) is 55.5 Å². The van der Waals surface area contributed by atoms with Crippen molar-refractivity contribution in [3.63, 3.8) is 0 Å². The fourth-order valence-corrected chi connectivity index (χ4v) is 3.46. The van der Waals surface area contributed by atoms with Gasteiger partial charge in [0.15, 0.2) is 11.5 Å². The number of ether oxygens (including phenoxy) is 2. The molecule has 0 radical (unpaired) electrons. The molecule has 0 bridgehead atoms. The van der Waals surface area contributed by atoms with Gasteiger partial charge >= 0.3 is 0 Å². The van der Waals surface area contributed by atoms with E-state index < -0.39 is 0 Å². The fourth-order valence-electron chi connectivity index (χ4n) is 3.46. The van der Waals surface area contributed by atoms with Crippen LogP contribution >= 0.6 is 0 Å². The van der Waals surface area contributed by atoms with E-state index in [-0.39, 0.29) is 11.5 Å². The molecule has 3 rings (SSSR count). The Morgan fingerprint density at radius 2 is 2.04 bits per heavy atom. The molecule has 25 heavy (non-hydrogen) atoms. The number of nitrogens with one attached hydrogen (secondary N) is 1. The molecule has 1 atom stereocenters. The lowest BCUT2D eigenvalue weighted by atomic mass is 9.96. The van der Waals surface area contributed by atoms with E-state index in [1.807, 2.05) is 19.1 Å². The van der Waals surface area contributed by atoms with Crippen molar-refractivity contribution in [2.45, 2.75) is 32.2 Å². The standard InChI is InChI=1S/C19H25N3O3/c1-13-9-18(23)21-19(20-13)15-5-4-8-22(12-15)11-14-6-7-16(24-2)17(10-14)25-3/h6-7,9-10,15H,4-5,8,11-12H2,1-3H3,(H,20,21,23). The number of nitrogens with zero attached hydrogens (tertiary/aromatic N) is 2. The topological polar surface area (TPSA) is 67.5 Å². The molecule has 1 saturated heterocycles. The lowest BCUT2D eigenvalue weighted by Crippen LogP contribution is -2.35. The summed E-state index contributed by atoms with van der Waals surface area (Å²) in [6.07, 6.45) is 2.14. The number of hydrogen-bond donors (Lipinski definition) is 1. The Balaban J connectivity index is 1.72. The molecule has 1 aliphatic heterocycles.